The Labute approximate surface area is 85.1 Å². The lowest BCUT2D eigenvalue weighted by molar-refractivity contribution is -0.139. The summed E-state index contributed by atoms with van der Waals surface area (Å²) in [6.07, 6.45) is 0. The van der Waals surface area contributed by atoms with E-state index in [0.717, 1.165) is 0 Å². The first-order valence-corrected chi connectivity index (χ1v) is 5.50. The van der Waals surface area contributed by atoms with Gasteiger partial charge >= 0.3 is 5.97 Å². The molecule has 0 N–H and O–H groups in total. The monoisotopic (exact) mass is 336 g/mol. The molecule has 0 bridgehead atoms. The third-order valence-electron chi connectivity index (χ3n) is 0.891. The Hall–Kier alpha value is 0.910. The van der Waals surface area contributed by atoms with Crippen molar-refractivity contribution in [1.29, 1.82) is 0 Å². The second-order valence-electron chi connectivity index (χ2n) is 1.60. The molecule has 5 heteroatoms. The van der Waals surface area contributed by atoms with E-state index in [9.17, 15) is 4.79 Å². The lowest BCUT2D eigenvalue weighted by Gasteiger charge is -2.10. The summed E-state index contributed by atoms with van der Waals surface area (Å²) in [4.78, 5) is 10.6. The van der Waals surface area contributed by atoms with Crippen molar-refractivity contribution >= 4 is 53.8 Å². The van der Waals surface area contributed by atoms with Crippen LogP contribution in [-0.4, -0.2) is 28.1 Å². The van der Waals surface area contributed by atoms with Crippen molar-refractivity contribution < 1.29 is 9.53 Å². The number of hydrogen-bond donors (Lipinski definition) is 0. The number of rotatable bonds is 3. The van der Waals surface area contributed by atoms with Gasteiger partial charge in [-0.3, -0.25) is 4.79 Å². The summed E-state index contributed by atoms with van der Waals surface area (Å²) < 4.78 is 4.50. The van der Waals surface area contributed by atoms with Crippen LogP contribution in [0, 0.1) is 0 Å². The van der Waals surface area contributed by atoms with Gasteiger partial charge in [0.15, 0.2) is 0 Å². The van der Waals surface area contributed by atoms with Gasteiger partial charge in [-0.05, 0) is 0 Å². The predicted octanol–water partition coefficient (Wildman–Crippen LogP) is 2.08. The molecule has 0 aliphatic rings. The minimum absolute atomic E-state index is 0.0694. The van der Waals surface area contributed by atoms with E-state index in [0.29, 0.717) is 5.33 Å². The molecule has 0 amide bonds. The minimum atomic E-state index is -0.281. The van der Waals surface area contributed by atoms with Crippen LogP contribution in [0.15, 0.2) is 0 Å². The minimum Gasteiger partial charge on any atom is -0.468 e. The van der Waals surface area contributed by atoms with Crippen LogP contribution in [0.25, 0.3) is 0 Å². The van der Waals surface area contributed by atoms with Gasteiger partial charge in [0.25, 0.3) is 0 Å². The van der Waals surface area contributed by atoms with Crippen molar-refractivity contribution in [3.8, 4) is 0 Å². The second-order valence-corrected chi connectivity index (χ2v) is 4.41. The van der Waals surface area contributed by atoms with E-state index in [4.69, 9.17) is 0 Å². The summed E-state index contributed by atoms with van der Waals surface area (Å²) in [7, 11) is 1.37. The molecule has 0 unspecified atom stereocenters. The first kappa shape index (κ1) is 10.9. The fourth-order valence-electron chi connectivity index (χ4n) is 0.338. The average Bonchev–Trinajstić information content (AvgIpc) is 2.00. The van der Waals surface area contributed by atoms with E-state index >= 15 is 0 Å². The van der Waals surface area contributed by atoms with Crippen LogP contribution in [-0.2, 0) is 9.53 Å². The van der Waals surface area contributed by atoms with Crippen molar-refractivity contribution in [3.05, 3.63) is 0 Å². The van der Waals surface area contributed by atoms with Gasteiger partial charge in [-0.2, -0.15) is 0 Å². The van der Waals surface area contributed by atoms with Gasteiger partial charge in [-0.25, -0.2) is 0 Å². The quantitative estimate of drug-likeness (QED) is 0.582. The molecule has 10 heavy (non-hydrogen) atoms. The van der Waals surface area contributed by atoms with Gasteiger partial charge in [0.2, 0.25) is 0 Å². The predicted molar refractivity (Wildman–Crippen MR) is 51.2 cm³/mol. The highest BCUT2D eigenvalue weighted by molar-refractivity contribution is 9.13. The molecule has 0 rings (SSSR count). The van der Waals surface area contributed by atoms with Gasteiger partial charge in [0.05, 0.1) is 7.11 Å². The summed E-state index contributed by atoms with van der Waals surface area (Å²) in [6, 6.07) is 0. The molecule has 0 spiro atoms. The van der Waals surface area contributed by atoms with Gasteiger partial charge in [-0.1, -0.05) is 47.8 Å². The first-order valence-electron chi connectivity index (χ1n) is 2.55. The number of methoxy groups -OCH3 is 1. The normalized spacial score (nSPS) is 16.0. The number of ether oxygens (including phenoxy) is 1. The Bertz CT molecular complexity index is 117. The standard InChI is InChI=1S/C5H7Br3O2/c1-10-5(9)4(8)3(7)2-6/h3-4H,2H2,1H3/t3-,4-/m0/s1. The lowest BCUT2D eigenvalue weighted by atomic mass is 10.3. The van der Waals surface area contributed by atoms with E-state index in [1.807, 2.05) is 0 Å². The Kier molecular flexibility index (Phi) is 6.05. The van der Waals surface area contributed by atoms with Crippen LogP contribution in [0.3, 0.4) is 0 Å². The molecule has 0 aromatic heterocycles. The maximum absolute atomic E-state index is 10.8. The Morgan fingerprint density at radius 1 is 1.60 bits per heavy atom. The van der Waals surface area contributed by atoms with E-state index in [2.05, 4.69) is 52.5 Å². The summed E-state index contributed by atoms with van der Waals surface area (Å²) in [6.45, 7) is 0. The van der Waals surface area contributed by atoms with Gasteiger partial charge in [0, 0.05) is 10.2 Å². The third kappa shape index (κ3) is 3.34. The molecule has 0 aliphatic heterocycles. The molecule has 0 saturated heterocycles. The molecule has 0 saturated carbocycles. The second kappa shape index (κ2) is 5.55. The SMILES string of the molecule is COC(=O)[C@@H](Br)[C@@H](Br)CBr. The summed E-state index contributed by atoms with van der Waals surface area (Å²) in [5, 5.41) is 0.706. The maximum atomic E-state index is 10.8. The molecule has 0 radical (unpaired) electrons. The molecular formula is C5H7Br3O2. The molecule has 0 heterocycles. The van der Waals surface area contributed by atoms with E-state index < -0.39 is 0 Å². The van der Waals surface area contributed by atoms with Gasteiger partial charge in [-0.15, -0.1) is 0 Å². The van der Waals surface area contributed by atoms with E-state index in [1.54, 1.807) is 0 Å². The van der Waals surface area contributed by atoms with Crippen molar-refractivity contribution in [2.75, 3.05) is 12.4 Å². The number of halogens is 3. The van der Waals surface area contributed by atoms with Crippen LogP contribution in [0.1, 0.15) is 0 Å². The highest BCUT2D eigenvalue weighted by atomic mass is 79.9. The summed E-state index contributed by atoms with van der Waals surface area (Å²) >= 11 is 9.69. The lowest BCUT2D eigenvalue weighted by Crippen LogP contribution is -2.26. The van der Waals surface area contributed by atoms with Crippen molar-refractivity contribution in [2.24, 2.45) is 0 Å². The van der Waals surface area contributed by atoms with Gasteiger partial charge < -0.3 is 4.74 Å². The number of hydrogen-bond acceptors (Lipinski definition) is 2. The zero-order valence-electron chi connectivity index (χ0n) is 5.31. The van der Waals surface area contributed by atoms with Crippen LogP contribution in [0.5, 0.6) is 0 Å². The Balaban J connectivity index is 3.81. The average molecular weight is 339 g/mol. The molecular weight excluding hydrogens is 332 g/mol. The van der Waals surface area contributed by atoms with Crippen LogP contribution in [0.2, 0.25) is 0 Å². The Morgan fingerprint density at radius 2 is 2.10 bits per heavy atom. The molecule has 2 atom stereocenters. The highest BCUT2D eigenvalue weighted by Gasteiger charge is 2.22. The molecule has 0 fully saturated rings. The number of carbonyl (C=O) groups excluding carboxylic acids is 1. The zero-order chi connectivity index (χ0) is 8.15. The summed E-state index contributed by atoms with van der Waals surface area (Å²) in [5.74, 6) is -0.263. The smallest absolute Gasteiger partial charge is 0.320 e. The van der Waals surface area contributed by atoms with Crippen LogP contribution >= 0.6 is 47.8 Å². The fraction of sp³-hybridized carbons (Fsp3) is 0.800. The third-order valence-corrected chi connectivity index (χ3v) is 5.03. The van der Waals surface area contributed by atoms with Crippen molar-refractivity contribution in [2.45, 2.75) is 9.65 Å². The van der Waals surface area contributed by atoms with Crippen molar-refractivity contribution in [1.82, 2.24) is 0 Å². The fourth-order valence-corrected chi connectivity index (χ4v) is 1.80. The maximum Gasteiger partial charge on any atom is 0.320 e. The number of carbonyl (C=O) groups is 1. The van der Waals surface area contributed by atoms with E-state index in [-0.39, 0.29) is 15.6 Å². The van der Waals surface area contributed by atoms with Crippen LogP contribution < -0.4 is 0 Å². The summed E-state index contributed by atoms with van der Waals surface area (Å²) in [5.41, 5.74) is 0. The number of esters is 1. The Morgan fingerprint density at radius 3 is 2.40 bits per heavy atom. The molecule has 0 aliphatic carbocycles. The number of alkyl halides is 3. The van der Waals surface area contributed by atoms with Crippen molar-refractivity contribution in [3.63, 3.8) is 0 Å². The topological polar surface area (TPSA) is 26.3 Å². The zero-order valence-corrected chi connectivity index (χ0v) is 10.1. The molecule has 2 nitrogen and oxygen atoms in total. The molecule has 0 aromatic rings. The highest BCUT2D eigenvalue weighted by Crippen LogP contribution is 2.17. The van der Waals surface area contributed by atoms with E-state index in [1.165, 1.54) is 7.11 Å². The molecule has 0 aromatic carbocycles. The van der Waals surface area contributed by atoms with Gasteiger partial charge in [0.1, 0.15) is 4.83 Å². The molecule has 60 valence electrons. The first-order chi connectivity index (χ1) is 4.63. The van der Waals surface area contributed by atoms with Crippen LogP contribution in [0.4, 0.5) is 0 Å². The largest absolute Gasteiger partial charge is 0.468 e.